The number of hydrogen-bond acceptors (Lipinski definition) is 1. The van der Waals surface area contributed by atoms with Gasteiger partial charge in [-0.25, -0.2) is 0 Å². The average molecular weight is 218 g/mol. The van der Waals surface area contributed by atoms with Crippen LogP contribution in [0.4, 0.5) is 0 Å². The van der Waals surface area contributed by atoms with Gasteiger partial charge in [-0.3, -0.25) is 0 Å². The Morgan fingerprint density at radius 3 is 2.53 bits per heavy atom. The van der Waals surface area contributed by atoms with Gasteiger partial charge in [0, 0.05) is 5.03 Å². The molecule has 15 heavy (non-hydrogen) atoms. The molecule has 0 aliphatic heterocycles. The topological polar surface area (TPSA) is 26.0 Å². The molecule has 0 saturated carbocycles. The minimum Gasteiger partial charge on any atom is -0.315 e. The molecule has 2 heteroatoms. The molecular weight excluding hydrogens is 206 g/mol. The third-order valence-corrected chi connectivity index (χ3v) is 2.67. The number of allylic oxidation sites excluding steroid dienone is 4. The fourth-order valence-corrected chi connectivity index (χ4v) is 1.68. The molecule has 1 aliphatic carbocycles. The summed E-state index contributed by atoms with van der Waals surface area (Å²) in [6, 6.07) is 9.95. The van der Waals surface area contributed by atoms with Gasteiger partial charge in [0.2, 0.25) is 0 Å². The van der Waals surface area contributed by atoms with Crippen molar-refractivity contribution in [3.63, 3.8) is 0 Å². The van der Waals surface area contributed by atoms with Crippen LogP contribution < -0.4 is 5.73 Å². The monoisotopic (exact) mass is 217 g/mol. The molecule has 1 nitrogen and oxygen atoms in total. The summed E-state index contributed by atoms with van der Waals surface area (Å²) in [7, 11) is 0. The molecule has 2 N–H and O–H groups in total. The molecule has 0 aromatic heterocycles. The van der Waals surface area contributed by atoms with Gasteiger partial charge < -0.3 is 5.73 Å². The summed E-state index contributed by atoms with van der Waals surface area (Å²) in [5.74, 6) is 0. The molecule has 0 fully saturated rings. The maximum Gasteiger partial charge on any atom is 0.0789 e. The van der Waals surface area contributed by atoms with Crippen molar-refractivity contribution in [1.82, 2.24) is 0 Å². The van der Waals surface area contributed by atoms with Crippen LogP contribution in [-0.4, -0.2) is 0 Å². The Balaban J connectivity index is 2.41. The van der Waals surface area contributed by atoms with Crippen LogP contribution in [0.25, 0.3) is 0 Å². The van der Waals surface area contributed by atoms with E-state index in [0.29, 0.717) is 5.03 Å². The molecule has 0 amide bonds. The number of benzene rings is 1. The van der Waals surface area contributed by atoms with Crippen LogP contribution in [0.5, 0.6) is 0 Å². The van der Waals surface area contributed by atoms with Gasteiger partial charge in [0.15, 0.2) is 0 Å². The van der Waals surface area contributed by atoms with Crippen LogP contribution >= 0.6 is 11.6 Å². The molecule has 1 aliphatic rings. The first-order valence-electron chi connectivity index (χ1n) is 4.79. The summed E-state index contributed by atoms with van der Waals surface area (Å²) in [5, 5.41) is 0.689. The number of nitrogens with two attached hydrogens (primary N) is 1. The molecule has 1 aromatic carbocycles. The van der Waals surface area contributed by atoms with Crippen LogP contribution in [0.3, 0.4) is 0 Å². The second kappa shape index (κ2) is 4.05. The second-order valence-electron chi connectivity index (χ2n) is 3.54. The fourth-order valence-electron chi connectivity index (χ4n) is 1.55. The lowest BCUT2D eigenvalue weighted by Crippen LogP contribution is -2.31. The molecule has 0 bridgehead atoms. The van der Waals surface area contributed by atoms with Gasteiger partial charge in [0.1, 0.15) is 0 Å². The summed E-state index contributed by atoms with van der Waals surface area (Å²) in [4.78, 5) is 0. The molecule has 1 atom stereocenters. The number of hydrogen-bond donors (Lipinski definition) is 1. The van der Waals surface area contributed by atoms with Gasteiger partial charge in [-0.15, -0.1) is 0 Å². The first-order valence-corrected chi connectivity index (χ1v) is 5.17. The summed E-state index contributed by atoms with van der Waals surface area (Å²) in [5.41, 5.74) is 6.77. The van der Waals surface area contributed by atoms with Gasteiger partial charge in [0.25, 0.3) is 0 Å². The Kier molecular flexibility index (Phi) is 2.76. The van der Waals surface area contributed by atoms with Crippen LogP contribution in [0.2, 0.25) is 0 Å². The average Bonchev–Trinajstić information content (AvgIpc) is 2.44. The maximum absolute atomic E-state index is 6.28. The van der Waals surface area contributed by atoms with Gasteiger partial charge in [-0.05, 0) is 17.7 Å². The molecule has 0 radical (unpaired) electrons. The number of halogens is 1. The molecule has 0 saturated heterocycles. The highest BCUT2D eigenvalue weighted by atomic mass is 35.5. The van der Waals surface area contributed by atoms with E-state index in [2.05, 4.69) is 0 Å². The van der Waals surface area contributed by atoms with Crippen molar-refractivity contribution in [2.24, 2.45) is 5.73 Å². The Bertz CT molecular complexity index is 431. The highest BCUT2D eigenvalue weighted by Gasteiger charge is 2.20. The SMILES string of the molecule is NC1(c2ccccc2)C=CC=C(Cl)C=C1. The van der Waals surface area contributed by atoms with Crippen molar-refractivity contribution in [2.45, 2.75) is 5.54 Å². The molecule has 1 aromatic rings. The highest BCUT2D eigenvalue weighted by Crippen LogP contribution is 2.24. The standard InChI is InChI=1S/C13H12ClN/c14-12-7-4-9-13(15,10-8-12)11-5-2-1-3-6-11/h1-10H,15H2. The van der Waals surface area contributed by atoms with Crippen molar-refractivity contribution in [3.8, 4) is 0 Å². The van der Waals surface area contributed by atoms with Crippen LogP contribution in [0.15, 0.2) is 65.7 Å². The summed E-state index contributed by atoms with van der Waals surface area (Å²) in [6.45, 7) is 0. The van der Waals surface area contributed by atoms with E-state index >= 15 is 0 Å². The molecule has 1 unspecified atom stereocenters. The largest absolute Gasteiger partial charge is 0.315 e. The lowest BCUT2D eigenvalue weighted by molar-refractivity contribution is 0.713. The Morgan fingerprint density at radius 2 is 1.80 bits per heavy atom. The van der Waals surface area contributed by atoms with E-state index in [1.54, 1.807) is 0 Å². The molecule has 2 rings (SSSR count). The predicted octanol–water partition coefficient (Wildman–Crippen LogP) is 3.09. The normalized spacial score (nSPS) is 24.8. The minimum absolute atomic E-state index is 0.561. The van der Waals surface area contributed by atoms with E-state index in [9.17, 15) is 0 Å². The fraction of sp³-hybridized carbons (Fsp3) is 0.0769. The summed E-state index contributed by atoms with van der Waals surface area (Å²) in [6.07, 6.45) is 9.39. The molecule has 0 spiro atoms. The highest BCUT2D eigenvalue weighted by molar-refractivity contribution is 6.31. The zero-order chi connectivity index (χ0) is 10.7. The van der Waals surface area contributed by atoms with Crippen LogP contribution in [0, 0.1) is 0 Å². The quantitative estimate of drug-likeness (QED) is 0.769. The lowest BCUT2D eigenvalue weighted by Gasteiger charge is -2.21. The van der Waals surface area contributed by atoms with E-state index < -0.39 is 5.54 Å². The second-order valence-corrected chi connectivity index (χ2v) is 3.98. The van der Waals surface area contributed by atoms with Crippen LogP contribution in [-0.2, 0) is 5.54 Å². The molecular formula is C13H12ClN. The van der Waals surface area contributed by atoms with Crippen molar-refractivity contribution in [1.29, 1.82) is 0 Å². The predicted molar refractivity (Wildman–Crippen MR) is 64.5 cm³/mol. The first kappa shape index (κ1) is 10.2. The first-order chi connectivity index (χ1) is 7.21. The Hall–Kier alpha value is -1.31. The van der Waals surface area contributed by atoms with Crippen molar-refractivity contribution in [2.75, 3.05) is 0 Å². The smallest absolute Gasteiger partial charge is 0.0789 e. The minimum atomic E-state index is -0.561. The Labute approximate surface area is 94.6 Å². The van der Waals surface area contributed by atoms with E-state index in [-0.39, 0.29) is 0 Å². The lowest BCUT2D eigenvalue weighted by atomic mass is 9.90. The third-order valence-electron chi connectivity index (χ3n) is 2.42. The van der Waals surface area contributed by atoms with Crippen molar-refractivity contribution in [3.05, 3.63) is 71.3 Å². The zero-order valence-electron chi connectivity index (χ0n) is 8.23. The van der Waals surface area contributed by atoms with Gasteiger partial charge in [-0.1, -0.05) is 60.2 Å². The molecule has 76 valence electrons. The Morgan fingerprint density at radius 1 is 1.07 bits per heavy atom. The van der Waals surface area contributed by atoms with Crippen molar-refractivity contribution < 1.29 is 0 Å². The van der Waals surface area contributed by atoms with Crippen LogP contribution in [0.1, 0.15) is 5.56 Å². The van der Waals surface area contributed by atoms with E-state index in [0.717, 1.165) is 5.56 Å². The third kappa shape index (κ3) is 2.20. The van der Waals surface area contributed by atoms with Gasteiger partial charge in [-0.2, -0.15) is 0 Å². The number of rotatable bonds is 1. The summed E-state index contributed by atoms with van der Waals surface area (Å²) >= 11 is 5.90. The van der Waals surface area contributed by atoms with Crippen molar-refractivity contribution >= 4 is 11.6 Å². The van der Waals surface area contributed by atoms with E-state index in [1.165, 1.54) is 0 Å². The molecule has 0 heterocycles. The van der Waals surface area contributed by atoms with Gasteiger partial charge >= 0.3 is 0 Å². The van der Waals surface area contributed by atoms with Gasteiger partial charge in [0.05, 0.1) is 5.54 Å². The zero-order valence-corrected chi connectivity index (χ0v) is 8.98. The van der Waals surface area contributed by atoms with E-state index in [4.69, 9.17) is 17.3 Å². The summed E-state index contributed by atoms with van der Waals surface area (Å²) < 4.78 is 0. The maximum atomic E-state index is 6.28. The van der Waals surface area contributed by atoms with E-state index in [1.807, 2.05) is 60.7 Å².